The highest BCUT2D eigenvalue weighted by atomic mass is 19.2. The Hall–Kier alpha value is -1.04. The number of aliphatic hydroxyl groups is 1. The van der Waals surface area contributed by atoms with Gasteiger partial charge >= 0.3 is 0 Å². The number of ether oxygens (including phenoxy) is 1. The number of aliphatic hydroxyl groups excluding tert-OH is 1. The van der Waals surface area contributed by atoms with Crippen molar-refractivity contribution < 1.29 is 18.6 Å². The Balaban J connectivity index is 1.79. The smallest absolute Gasteiger partial charge is 0.164 e. The molecule has 1 atom stereocenters. The molecule has 0 spiro atoms. The summed E-state index contributed by atoms with van der Waals surface area (Å²) in [6.07, 6.45) is 1.73. The van der Waals surface area contributed by atoms with Gasteiger partial charge < -0.3 is 14.7 Å². The van der Waals surface area contributed by atoms with E-state index < -0.39 is 17.7 Å². The third-order valence-corrected chi connectivity index (χ3v) is 4.00. The Morgan fingerprint density at radius 1 is 1.33 bits per heavy atom. The molecule has 1 aliphatic heterocycles. The highest BCUT2D eigenvalue weighted by molar-refractivity contribution is 5.21. The molecule has 0 aliphatic carbocycles. The van der Waals surface area contributed by atoms with Gasteiger partial charge in [-0.05, 0) is 32.3 Å². The first-order valence-corrected chi connectivity index (χ1v) is 7.57. The number of hydrogen-bond acceptors (Lipinski definition) is 3. The third-order valence-electron chi connectivity index (χ3n) is 4.00. The Bertz CT molecular complexity index is 448. The summed E-state index contributed by atoms with van der Waals surface area (Å²) in [6.45, 7) is 5.25. The molecular weight excluding hydrogens is 276 g/mol. The van der Waals surface area contributed by atoms with Gasteiger partial charge in [-0.3, -0.25) is 0 Å². The lowest BCUT2D eigenvalue weighted by Crippen LogP contribution is -2.38. The molecule has 0 amide bonds. The summed E-state index contributed by atoms with van der Waals surface area (Å²) in [7, 11) is 0. The highest BCUT2D eigenvalue weighted by Gasteiger charge is 2.21. The zero-order chi connectivity index (χ0) is 15.2. The zero-order valence-corrected chi connectivity index (χ0v) is 12.4. The van der Waals surface area contributed by atoms with Crippen LogP contribution in [0.4, 0.5) is 8.78 Å². The van der Waals surface area contributed by atoms with E-state index in [0.29, 0.717) is 19.1 Å². The molecule has 118 valence electrons. The Kier molecular flexibility index (Phi) is 6.08. The predicted octanol–water partition coefficient (Wildman–Crippen LogP) is 2.89. The van der Waals surface area contributed by atoms with E-state index in [2.05, 4.69) is 4.90 Å². The van der Waals surface area contributed by atoms with Crippen molar-refractivity contribution in [3.8, 4) is 0 Å². The number of likely N-dealkylation sites (tertiary alicyclic amines) is 1. The van der Waals surface area contributed by atoms with E-state index in [1.54, 1.807) is 0 Å². The van der Waals surface area contributed by atoms with Crippen molar-refractivity contribution in [1.29, 1.82) is 0 Å². The molecule has 0 saturated carbocycles. The number of piperidine rings is 1. The Labute approximate surface area is 124 Å². The summed E-state index contributed by atoms with van der Waals surface area (Å²) >= 11 is 0. The molecule has 3 nitrogen and oxygen atoms in total. The van der Waals surface area contributed by atoms with Crippen LogP contribution in [-0.2, 0) is 4.74 Å². The normalized spacial score (nSPS) is 18.9. The van der Waals surface area contributed by atoms with Crippen molar-refractivity contribution in [1.82, 2.24) is 4.90 Å². The fourth-order valence-electron chi connectivity index (χ4n) is 2.77. The van der Waals surface area contributed by atoms with Gasteiger partial charge in [0, 0.05) is 31.8 Å². The molecule has 5 heteroatoms. The van der Waals surface area contributed by atoms with E-state index in [1.165, 1.54) is 12.1 Å². The van der Waals surface area contributed by atoms with Crippen LogP contribution in [0, 0.1) is 11.6 Å². The molecule has 1 heterocycles. The van der Waals surface area contributed by atoms with Crippen LogP contribution < -0.4 is 0 Å². The molecule has 0 radical (unpaired) electrons. The summed E-state index contributed by atoms with van der Waals surface area (Å²) in [5.41, 5.74) is 0.0409. The minimum absolute atomic E-state index is 0.0409. The van der Waals surface area contributed by atoms with Gasteiger partial charge in [0.25, 0.3) is 0 Å². The highest BCUT2D eigenvalue weighted by Crippen LogP contribution is 2.23. The molecule has 1 aromatic rings. The van der Waals surface area contributed by atoms with Crippen LogP contribution >= 0.6 is 0 Å². The maximum Gasteiger partial charge on any atom is 0.164 e. The van der Waals surface area contributed by atoms with Crippen molar-refractivity contribution in [2.45, 2.75) is 38.4 Å². The quantitative estimate of drug-likeness (QED) is 0.876. The maximum atomic E-state index is 13.6. The van der Waals surface area contributed by atoms with Crippen LogP contribution in [0.2, 0.25) is 0 Å². The predicted molar refractivity (Wildman–Crippen MR) is 77.0 cm³/mol. The largest absolute Gasteiger partial charge is 0.388 e. The number of rotatable bonds is 6. The van der Waals surface area contributed by atoms with Crippen molar-refractivity contribution in [3.63, 3.8) is 0 Å². The lowest BCUT2D eigenvalue weighted by Gasteiger charge is -2.32. The van der Waals surface area contributed by atoms with Crippen LogP contribution in [0.3, 0.4) is 0 Å². The number of nitrogens with zero attached hydrogens (tertiary/aromatic N) is 1. The first-order chi connectivity index (χ1) is 10.1. The second-order valence-electron chi connectivity index (χ2n) is 5.44. The average Bonchev–Trinajstić information content (AvgIpc) is 2.49. The summed E-state index contributed by atoms with van der Waals surface area (Å²) in [6, 6.07) is 3.92. The maximum absolute atomic E-state index is 13.6. The Morgan fingerprint density at radius 3 is 2.71 bits per heavy atom. The molecule has 1 aliphatic rings. The second kappa shape index (κ2) is 7.82. The molecule has 1 N–H and O–H groups in total. The molecule has 0 bridgehead atoms. The van der Waals surface area contributed by atoms with Gasteiger partial charge in [0.15, 0.2) is 11.6 Å². The second-order valence-corrected chi connectivity index (χ2v) is 5.44. The van der Waals surface area contributed by atoms with E-state index in [-0.39, 0.29) is 5.56 Å². The van der Waals surface area contributed by atoms with Gasteiger partial charge in [-0.15, -0.1) is 0 Å². The lowest BCUT2D eigenvalue weighted by molar-refractivity contribution is 0.0111. The van der Waals surface area contributed by atoms with E-state index >= 15 is 0 Å². The molecular formula is C16H23F2NO2. The fraction of sp³-hybridized carbons (Fsp3) is 0.625. The van der Waals surface area contributed by atoms with E-state index in [4.69, 9.17) is 4.74 Å². The number of halogens is 2. The van der Waals surface area contributed by atoms with Crippen LogP contribution in [0.1, 0.15) is 37.9 Å². The van der Waals surface area contributed by atoms with Crippen molar-refractivity contribution >= 4 is 0 Å². The molecule has 0 aromatic heterocycles. The van der Waals surface area contributed by atoms with Gasteiger partial charge in [-0.2, -0.15) is 0 Å². The van der Waals surface area contributed by atoms with Gasteiger partial charge in [0.2, 0.25) is 0 Å². The molecule has 1 unspecified atom stereocenters. The minimum Gasteiger partial charge on any atom is -0.388 e. The van der Waals surface area contributed by atoms with Crippen LogP contribution in [0.15, 0.2) is 18.2 Å². The first kappa shape index (κ1) is 16.3. The molecule has 1 saturated heterocycles. The van der Waals surface area contributed by atoms with E-state index in [1.807, 2.05) is 6.92 Å². The van der Waals surface area contributed by atoms with Crippen LogP contribution in [0.5, 0.6) is 0 Å². The topological polar surface area (TPSA) is 32.7 Å². The van der Waals surface area contributed by atoms with Gasteiger partial charge in [-0.25, -0.2) is 8.78 Å². The summed E-state index contributed by atoms with van der Waals surface area (Å²) in [4.78, 5) is 2.23. The fourth-order valence-corrected chi connectivity index (χ4v) is 2.77. The van der Waals surface area contributed by atoms with Crippen molar-refractivity contribution in [2.24, 2.45) is 0 Å². The van der Waals surface area contributed by atoms with E-state index in [0.717, 1.165) is 38.6 Å². The third kappa shape index (κ3) is 4.46. The standard InChI is InChI=1S/C16H23F2NO2/c1-2-21-12-6-9-19(10-7-12)11-8-15(20)13-4-3-5-14(17)16(13)18/h3-5,12,15,20H,2,6-11H2,1H3. The van der Waals surface area contributed by atoms with Crippen LogP contribution in [-0.4, -0.2) is 42.4 Å². The first-order valence-electron chi connectivity index (χ1n) is 7.57. The monoisotopic (exact) mass is 299 g/mol. The van der Waals surface area contributed by atoms with Crippen LogP contribution in [0.25, 0.3) is 0 Å². The Morgan fingerprint density at radius 2 is 2.05 bits per heavy atom. The number of benzene rings is 1. The minimum atomic E-state index is -0.967. The summed E-state index contributed by atoms with van der Waals surface area (Å²) in [5, 5.41) is 10.0. The van der Waals surface area contributed by atoms with E-state index in [9.17, 15) is 13.9 Å². The van der Waals surface area contributed by atoms with Gasteiger partial charge in [0.05, 0.1) is 12.2 Å². The zero-order valence-electron chi connectivity index (χ0n) is 12.4. The molecule has 21 heavy (non-hydrogen) atoms. The molecule has 1 fully saturated rings. The van der Waals surface area contributed by atoms with Crippen molar-refractivity contribution in [2.75, 3.05) is 26.2 Å². The summed E-state index contributed by atoms with van der Waals surface area (Å²) in [5.74, 6) is -1.86. The van der Waals surface area contributed by atoms with Crippen molar-refractivity contribution in [3.05, 3.63) is 35.4 Å². The van der Waals surface area contributed by atoms with Gasteiger partial charge in [0.1, 0.15) is 0 Å². The SMILES string of the molecule is CCOC1CCN(CCC(O)c2cccc(F)c2F)CC1. The number of hydrogen-bond donors (Lipinski definition) is 1. The molecule has 2 rings (SSSR count). The lowest BCUT2D eigenvalue weighted by atomic mass is 10.0. The van der Waals surface area contributed by atoms with Gasteiger partial charge in [-0.1, -0.05) is 12.1 Å². The average molecular weight is 299 g/mol. The molecule has 1 aromatic carbocycles. The summed E-state index contributed by atoms with van der Waals surface area (Å²) < 4.78 is 32.3.